The summed E-state index contributed by atoms with van der Waals surface area (Å²) in [5.74, 6) is 1.07. The van der Waals surface area contributed by atoms with E-state index in [0.29, 0.717) is 29.6 Å². The van der Waals surface area contributed by atoms with Crippen LogP contribution in [0.25, 0.3) is 0 Å². The van der Waals surface area contributed by atoms with Crippen molar-refractivity contribution in [2.75, 3.05) is 13.2 Å². The molecule has 3 rings (SSSR count). The first-order valence-corrected chi connectivity index (χ1v) is 11.2. The van der Waals surface area contributed by atoms with Crippen LogP contribution in [0.1, 0.15) is 37.9 Å². The maximum Gasteiger partial charge on any atom is 0.338 e. The second-order valence-electron chi connectivity index (χ2n) is 6.61. The molecule has 1 aliphatic heterocycles. The minimum Gasteiger partial charge on any atom is -0.494 e. The van der Waals surface area contributed by atoms with Crippen LogP contribution in [-0.2, 0) is 15.3 Å². The monoisotopic (exact) mass is 444 g/mol. The number of hydrogen-bond donors (Lipinski definition) is 1. The van der Waals surface area contributed by atoms with Gasteiger partial charge in [-0.2, -0.15) is 0 Å². The fourth-order valence-corrected chi connectivity index (χ4v) is 4.17. The van der Waals surface area contributed by atoms with Crippen molar-refractivity contribution in [3.8, 4) is 5.75 Å². The maximum atomic E-state index is 12.7. The van der Waals surface area contributed by atoms with Crippen LogP contribution in [-0.4, -0.2) is 24.4 Å². The molecule has 0 radical (unpaired) electrons. The zero-order valence-corrected chi connectivity index (χ0v) is 18.8. The highest BCUT2D eigenvalue weighted by Crippen LogP contribution is 2.37. The highest BCUT2D eigenvalue weighted by molar-refractivity contribution is 8.13. The predicted molar refractivity (Wildman–Crippen MR) is 123 cm³/mol. The van der Waals surface area contributed by atoms with Crippen LogP contribution >= 0.6 is 23.4 Å². The quantitative estimate of drug-likeness (QED) is 0.570. The Bertz CT molecular complexity index is 957. The van der Waals surface area contributed by atoms with Gasteiger partial charge in [0.2, 0.25) is 0 Å². The minimum atomic E-state index is -0.499. The summed E-state index contributed by atoms with van der Waals surface area (Å²) in [5.41, 5.74) is 3.21. The SMILES string of the molecule is CCOC(=O)C1=C(C)NC(SCc2ccc(Cl)cc2)=N[C@@H]1c1ccccc1OCC. The molecule has 2 aromatic carbocycles. The molecule has 1 aliphatic rings. The highest BCUT2D eigenvalue weighted by atomic mass is 35.5. The Hall–Kier alpha value is -2.44. The van der Waals surface area contributed by atoms with Crippen molar-refractivity contribution in [3.05, 3.63) is 76.0 Å². The van der Waals surface area contributed by atoms with Gasteiger partial charge in [0, 0.05) is 22.0 Å². The van der Waals surface area contributed by atoms with Gasteiger partial charge in [0.1, 0.15) is 11.8 Å². The van der Waals surface area contributed by atoms with E-state index < -0.39 is 6.04 Å². The number of amidine groups is 1. The number of carbonyl (C=O) groups is 1. The Balaban J connectivity index is 1.92. The molecular formula is C23H25ClN2O3S. The molecule has 0 aromatic heterocycles. The fraction of sp³-hybridized carbons (Fsp3) is 0.304. The molecule has 0 spiro atoms. The van der Waals surface area contributed by atoms with E-state index >= 15 is 0 Å². The Morgan fingerprint density at radius 1 is 1.13 bits per heavy atom. The van der Waals surface area contributed by atoms with Crippen molar-refractivity contribution in [1.29, 1.82) is 0 Å². The Morgan fingerprint density at radius 2 is 1.87 bits per heavy atom. The fourth-order valence-electron chi connectivity index (χ4n) is 3.14. The number of halogens is 1. The number of rotatable bonds is 7. The number of aliphatic imine (C=N–C) groups is 1. The predicted octanol–water partition coefficient (Wildman–Crippen LogP) is 5.51. The van der Waals surface area contributed by atoms with Crippen molar-refractivity contribution < 1.29 is 14.3 Å². The third-order valence-corrected chi connectivity index (χ3v) is 5.73. The van der Waals surface area contributed by atoms with E-state index in [1.54, 1.807) is 18.7 Å². The zero-order valence-electron chi connectivity index (χ0n) is 17.3. The molecule has 0 saturated heterocycles. The number of thioether (sulfide) groups is 1. The molecular weight excluding hydrogens is 420 g/mol. The molecule has 0 bridgehead atoms. The van der Waals surface area contributed by atoms with Crippen molar-refractivity contribution in [2.24, 2.45) is 4.99 Å². The van der Waals surface area contributed by atoms with E-state index in [1.165, 1.54) is 0 Å². The summed E-state index contributed by atoms with van der Waals surface area (Å²) >= 11 is 7.55. The van der Waals surface area contributed by atoms with Crippen LogP contribution in [0.5, 0.6) is 5.75 Å². The van der Waals surface area contributed by atoms with Crippen LogP contribution in [0.15, 0.2) is 64.8 Å². The molecule has 0 saturated carbocycles. The van der Waals surface area contributed by atoms with Gasteiger partial charge in [-0.05, 0) is 44.5 Å². The number of allylic oxidation sites excluding steroid dienone is 1. The molecule has 1 N–H and O–H groups in total. The average Bonchev–Trinajstić information content (AvgIpc) is 2.73. The molecule has 7 heteroatoms. The Labute approximate surface area is 186 Å². The standard InChI is InChI=1S/C23H25ClN2O3S/c1-4-28-19-9-7-6-8-18(19)21-20(22(27)29-5-2)15(3)25-23(26-21)30-14-16-10-12-17(24)13-11-16/h6-13,21H,4-5,14H2,1-3H3,(H,25,26)/t21-/m1/s1. The Kier molecular flexibility index (Phi) is 7.82. The number of para-hydroxylation sites is 1. The summed E-state index contributed by atoms with van der Waals surface area (Å²) in [7, 11) is 0. The van der Waals surface area contributed by atoms with E-state index in [-0.39, 0.29) is 5.97 Å². The average molecular weight is 445 g/mol. The van der Waals surface area contributed by atoms with Crippen molar-refractivity contribution in [3.63, 3.8) is 0 Å². The van der Waals surface area contributed by atoms with Crippen molar-refractivity contribution in [1.82, 2.24) is 5.32 Å². The van der Waals surface area contributed by atoms with Gasteiger partial charge in [-0.3, -0.25) is 0 Å². The second-order valence-corrected chi connectivity index (χ2v) is 8.01. The summed E-state index contributed by atoms with van der Waals surface area (Å²) in [5, 5.41) is 4.72. The normalized spacial score (nSPS) is 16.0. The summed E-state index contributed by atoms with van der Waals surface area (Å²) in [4.78, 5) is 17.6. The topological polar surface area (TPSA) is 59.9 Å². The molecule has 0 amide bonds. The van der Waals surface area contributed by atoms with Crippen LogP contribution in [0.3, 0.4) is 0 Å². The number of nitrogens with one attached hydrogen (secondary N) is 1. The highest BCUT2D eigenvalue weighted by Gasteiger charge is 2.32. The zero-order chi connectivity index (χ0) is 21.5. The number of nitrogens with zero attached hydrogens (tertiary/aromatic N) is 1. The lowest BCUT2D eigenvalue weighted by Gasteiger charge is -2.27. The van der Waals surface area contributed by atoms with Crippen LogP contribution < -0.4 is 10.1 Å². The molecule has 0 fully saturated rings. The molecule has 30 heavy (non-hydrogen) atoms. The summed E-state index contributed by atoms with van der Waals surface area (Å²) in [6.07, 6.45) is 0. The van der Waals surface area contributed by atoms with Gasteiger partial charge in [-0.15, -0.1) is 0 Å². The van der Waals surface area contributed by atoms with Gasteiger partial charge in [-0.1, -0.05) is 53.7 Å². The number of hydrogen-bond acceptors (Lipinski definition) is 6. The molecule has 2 aromatic rings. The van der Waals surface area contributed by atoms with Gasteiger partial charge in [0.05, 0.1) is 18.8 Å². The van der Waals surface area contributed by atoms with Crippen LogP contribution in [0.4, 0.5) is 0 Å². The lowest BCUT2D eigenvalue weighted by Crippen LogP contribution is -2.30. The molecule has 5 nitrogen and oxygen atoms in total. The number of esters is 1. The summed E-state index contributed by atoms with van der Waals surface area (Å²) in [6.45, 7) is 6.44. The van der Waals surface area contributed by atoms with Crippen molar-refractivity contribution in [2.45, 2.75) is 32.6 Å². The second kappa shape index (κ2) is 10.5. The molecule has 0 aliphatic carbocycles. The summed E-state index contributed by atoms with van der Waals surface area (Å²) in [6, 6.07) is 14.9. The lowest BCUT2D eigenvalue weighted by atomic mass is 9.96. The number of carbonyl (C=O) groups excluding carboxylic acids is 1. The lowest BCUT2D eigenvalue weighted by molar-refractivity contribution is -0.138. The molecule has 0 unspecified atom stereocenters. The van der Waals surface area contributed by atoms with Gasteiger partial charge >= 0.3 is 5.97 Å². The van der Waals surface area contributed by atoms with E-state index in [9.17, 15) is 4.79 Å². The van der Waals surface area contributed by atoms with E-state index in [2.05, 4.69) is 5.32 Å². The van der Waals surface area contributed by atoms with Gasteiger partial charge in [0.15, 0.2) is 5.17 Å². The van der Waals surface area contributed by atoms with Gasteiger partial charge in [0.25, 0.3) is 0 Å². The maximum absolute atomic E-state index is 12.7. The third kappa shape index (κ3) is 5.37. The first kappa shape index (κ1) is 22.2. The Morgan fingerprint density at radius 3 is 2.57 bits per heavy atom. The number of benzene rings is 2. The summed E-state index contributed by atoms with van der Waals surface area (Å²) < 4.78 is 11.1. The molecule has 1 atom stereocenters. The largest absolute Gasteiger partial charge is 0.494 e. The molecule has 1 heterocycles. The van der Waals surface area contributed by atoms with Gasteiger partial charge < -0.3 is 14.8 Å². The minimum absolute atomic E-state index is 0.303. The van der Waals surface area contributed by atoms with E-state index in [4.69, 9.17) is 26.1 Å². The van der Waals surface area contributed by atoms with Crippen molar-refractivity contribution >= 4 is 34.5 Å². The van der Waals surface area contributed by atoms with Gasteiger partial charge in [-0.25, -0.2) is 9.79 Å². The van der Waals surface area contributed by atoms with Crippen LogP contribution in [0, 0.1) is 0 Å². The first-order chi connectivity index (χ1) is 14.5. The van der Waals surface area contributed by atoms with E-state index in [0.717, 1.165) is 27.7 Å². The van der Waals surface area contributed by atoms with Crippen LogP contribution in [0.2, 0.25) is 5.02 Å². The number of ether oxygens (including phenoxy) is 2. The van der Waals surface area contributed by atoms with E-state index in [1.807, 2.05) is 62.4 Å². The first-order valence-electron chi connectivity index (χ1n) is 9.85. The molecule has 158 valence electrons. The smallest absolute Gasteiger partial charge is 0.338 e. The third-order valence-electron chi connectivity index (χ3n) is 4.52.